The third-order valence-electron chi connectivity index (χ3n) is 11.4. The number of rotatable bonds is 17. The first-order valence-electron chi connectivity index (χ1n) is 20.6. The molecule has 1 amide bonds. The van der Waals surface area contributed by atoms with E-state index in [1.807, 2.05) is 60.7 Å². The fourth-order valence-corrected chi connectivity index (χ4v) is 9.98. The summed E-state index contributed by atoms with van der Waals surface area (Å²) in [7, 11) is -4.48. The van der Waals surface area contributed by atoms with Crippen LogP contribution in [-0.2, 0) is 21.4 Å². The molecule has 0 radical (unpaired) electrons. The van der Waals surface area contributed by atoms with Gasteiger partial charge in [-0.15, -0.1) is 11.8 Å². The Kier molecular flexibility index (Phi) is 14.8. The molecule has 324 valence electrons. The first-order valence-corrected chi connectivity index (χ1v) is 23.4. The molecule has 2 heterocycles. The summed E-state index contributed by atoms with van der Waals surface area (Å²) in [5.74, 6) is -1.41. The van der Waals surface area contributed by atoms with Crippen LogP contribution in [0.1, 0.15) is 35.2 Å². The van der Waals surface area contributed by atoms with Crippen LogP contribution in [0.4, 0.5) is 17.1 Å². The molecule has 16 heteroatoms. The number of halogens is 1. The van der Waals surface area contributed by atoms with Crippen molar-refractivity contribution in [3.63, 3.8) is 0 Å². The number of nitrogens with zero attached hydrogens (tertiary/aromatic N) is 4. The summed E-state index contributed by atoms with van der Waals surface area (Å²) in [6, 6.07) is 36.1. The van der Waals surface area contributed by atoms with Crippen molar-refractivity contribution >= 4 is 62.3 Å². The quantitative estimate of drug-likeness (QED) is 0.0467. The minimum Gasteiger partial charge on any atom is -0.481 e. The number of nitro benzene ring substituents is 1. The van der Waals surface area contributed by atoms with E-state index < -0.39 is 37.4 Å². The lowest BCUT2D eigenvalue weighted by molar-refractivity contribution is -0.384. The van der Waals surface area contributed by atoms with Crippen LogP contribution in [0.2, 0.25) is 5.02 Å². The number of amides is 1. The maximum Gasteiger partial charge on any atom is 0.306 e. The Balaban J connectivity index is 0.957. The van der Waals surface area contributed by atoms with Gasteiger partial charge in [0.05, 0.1) is 15.7 Å². The van der Waals surface area contributed by atoms with Gasteiger partial charge in [-0.25, -0.2) is 13.1 Å². The van der Waals surface area contributed by atoms with Crippen molar-refractivity contribution in [3.8, 4) is 11.1 Å². The highest BCUT2D eigenvalue weighted by atomic mass is 35.5. The zero-order chi connectivity index (χ0) is 43.6. The number of nitro groups is 1. The van der Waals surface area contributed by atoms with Gasteiger partial charge in [-0.1, -0.05) is 66.2 Å². The first kappa shape index (κ1) is 44.6. The van der Waals surface area contributed by atoms with Crippen molar-refractivity contribution in [2.45, 2.75) is 41.6 Å². The van der Waals surface area contributed by atoms with Crippen LogP contribution in [0, 0.1) is 16.0 Å². The fourth-order valence-electron chi connectivity index (χ4n) is 7.86. The number of sulfonamides is 1. The average molecular weight is 898 g/mol. The molecule has 1 atom stereocenters. The van der Waals surface area contributed by atoms with E-state index in [2.05, 4.69) is 42.9 Å². The number of piperazine rings is 1. The number of piperidine rings is 1. The molecule has 5 aromatic rings. The molecule has 0 unspecified atom stereocenters. The number of thioether (sulfide) groups is 1. The summed E-state index contributed by atoms with van der Waals surface area (Å²) in [4.78, 5) is 43.9. The van der Waals surface area contributed by atoms with Gasteiger partial charge in [-0.2, -0.15) is 0 Å². The molecule has 2 saturated heterocycles. The number of hydrogen-bond acceptors (Lipinski definition) is 11. The van der Waals surface area contributed by atoms with Crippen molar-refractivity contribution < 1.29 is 28.0 Å². The molecule has 2 aliphatic rings. The van der Waals surface area contributed by atoms with E-state index in [0.29, 0.717) is 49.7 Å². The van der Waals surface area contributed by atoms with Gasteiger partial charge in [0, 0.05) is 78.3 Å². The topological polar surface area (TPSA) is 165 Å². The normalized spacial score (nSPS) is 15.8. The minimum atomic E-state index is -4.48. The molecule has 0 spiro atoms. The summed E-state index contributed by atoms with van der Waals surface area (Å²) < 4.78 is 29.0. The van der Waals surface area contributed by atoms with Crippen LogP contribution in [0.25, 0.3) is 11.1 Å². The molecule has 0 saturated carbocycles. The van der Waals surface area contributed by atoms with E-state index in [1.54, 1.807) is 36.0 Å². The predicted octanol–water partition coefficient (Wildman–Crippen LogP) is 8.12. The summed E-state index contributed by atoms with van der Waals surface area (Å²) in [5, 5.41) is 25.7. The lowest BCUT2D eigenvalue weighted by Gasteiger charge is -2.36. The van der Waals surface area contributed by atoms with E-state index >= 15 is 0 Å². The SMILES string of the molecule is O=C(NS(=O)(=O)c1ccc(N[C@H](CCN2CCC(C(=O)O)CC2)CSc2ccccc2)c([N+](=O)[O-])c1)c1ccc(N2CCN(Cc3ccccc3-c3ccc(Cl)cc3)CC2)cc1. The number of aliphatic carboxylic acids is 1. The molecule has 13 nitrogen and oxygen atoms in total. The van der Waals surface area contributed by atoms with Crippen molar-refractivity contribution in [3.05, 3.63) is 148 Å². The maximum atomic E-state index is 13.5. The van der Waals surface area contributed by atoms with Crippen LogP contribution in [-0.4, -0.2) is 97.7 Å². The van der Waals surface area contributed by atoms with Gasteiger partial charge < -0.3 is 20.2 Å². The number of carbonyl (C=O) groups excluding carboxylic acids is 1. The van der Waals surface area contributed by atoms with E-state index in [9.17, 15) is 33.2 Å². The molecule has 0 aromatic heterocycles. The summed E-state index contributed by atoms with van der Waals surface area (Å²) >= 11 is 7.72. The summed E-state index contributed by atoms with van der Waals surface area (Å²) in [6.45, 7) is 5.97. The molecule has 2 fully saturated rings. The van der Waals surface area contributed by atoms with Crippen molar-refractivity contribution in [1.82, 2.24) is 14.5 Å². The molecule has 0 aliphatic carbocycles. The Bertz CT molecular complexity index is 2440. The van der Waals surface area contributed by atoms with Gasteiger partial charge in [0.2, 0.25) is 0 Å². The first-order chi connectivity index (χ1) is 29.9. The number of carboxylic acid groups (broad SMARTS) is 1. The van der Waals surface area contributed by atoms with Crippen LogP contribution >= 0.6 is 23.4 Å². The number of carbonyl (C=O) groups is 2. The third-order valence-corrected chi connectivity index (χ3v) is 14.2. The second-order valence-electron chi connectivity index (χ2n) is 15.6. The standard InChI is InChI=1S/C46H49ClN6O7S2/c47-37-14-10-33(11-15-37)42-9-5-4-6-36(42)31-51-26-28-52(29-27-51)39-16-12-34(13-17-39)45(54)49-62(59,60)41-18-19-43(44(30-41)53(57)58)48-38(32-61-40-7-2-1-3-8-40)22-25-50-23-20-35(21-24-50)46(55)56/h1-19,30,35,38,48H,20-29,31-32H2,(H,49,54)(H,55,56)/t38-/m1/s1. The van der Waals surface area contributed by atoms with Gasteiger partial charge in [0.1, 0.15) is 5.69 Å². The fraction of sp³-hybridized carbons (Fsp3) is 0.304. The molecule has 2 aliphatic heterocycles. The molecule has 3 N–H and O–H groups in total. The van der Waals surface area contributed by atoms with Crippen LogP contribution in [0.5, 0.6) is 0 Å². The highest BCUT2D eigenvalue weighted by Crippen LogP contribution is 2.31. The predicted molar refractivity (Wildman–Crippen MR) is 245 cm³/mol. The number of anilines is 2. The molecular formula is C46H49ClN6O7S2. The number of carboxylic acids is 1. The smallest absolute Gasteiger partial charge is 0.306 e. The molecule has 5 aromatic carbocycles. The number of benzene rings is 5. The highest BCUT2D eigenvalue weighted by Gasteiger charge is 2.28. The Morgan fingerprint density at radius 2 is 1.52 bits per heavy atom. The number of likely N-dealkylation sites (tertiary alicyclic amines) is 1. The van der Waals surface area contributed by atoms with Crippen molar-refractivity contribution in [2.75, 3.05) is 61.8 Å². The molecule has 7 rings (SSSR count). The monoisotopic (exact) mass is 896 g/mol. The van der Waals surface area contributed by atoms with Crippen LogP contribution in [0.15, 0.2) is 131 Å². The van der Waals surface area contributed by atoms with Crippen molar-refractivity contribution in [1.29, 1.82) is 0 Å². The average Bonchev–Trinajstić information content (AvgIpc) is 3.28. The number of hydrogen-bond donors (Lipinski definition) is 3. The number of nitrogens with one attached hydrogen (secondary N) is 2. The Labute approximate surface area is 371 Å². The van der Waals surface area contributed by atoms with E-state index in [-0.39, 0.29) is 23.2 Å². The molecule has 0 bridgehead atoms. The van der Waals surface area contributed by atoms with Gasteiger partial charge in [0.15, 0.2) is 0 Å². The lowest BCUT2D eigenvalue weighted by Crippen LogP contribution is -2.46. The zero-order valence-electron chi connectivity index (χ0n) is 34.1. The van der Waals surface area contributed by atoms with Gasteiger partial charge in [0.25, 0.3) is 21.6 Å². The minimum absolute atomic E-state index is 0.133. The Hall–Kier alpha value is -5.45. The van der Waals surface area contributed by atoms with Gasteiger partial charge in [-0.05, 0) is 110 Å². The van der Waals surface area contributed by atoms with E-state index in [0.717, 1.165) is 54.9 Å². The second kappa shape index (κ2) is 20.6. The summed E-state index contributed by atoms with van der Waals surface area (Å²) in [6.07, 6.45) is 1.75. The van der Waals surface area contributed by atoms with Crippen molar-refractivity contribution in [2.24, 2.45) is 5.92 Å². The largest absolute Gasteiger partial charge is 0.481 e. The highest BCUT2D eigenvalue weighted by molar-refractivity contribution is 7.99. The van der Waals surface area contributed by atoms with Gasteiger partial charge in [-0.3, -0.25) is 24.6 Å². The van der Waals surface area contributed by atoms with E-state index in [4.69, 9.17) is 11.6 Å². The van der Waals surface area contributed by atoms with Crippen LogP contribution in [0.3, 0.4) is 0 Å². The Morgan fingerprint density at radius 1 is 0.839 bits per heavy atom. The maximum absolute atomic E-state index is 13.5. The van der Waals surface area contributed by atoms with Crippen LogP contribution < -0.4 is 14.9 Å². The third kappa shape index (κ3) is 11.7. The molecule has 62 heavy (non-hydrogen) atoms. The Morgan fingerprint density at radius 3 is 2.19 bits per heavy atom. The lowest BCUT2D eigenvalue weighted by atomic mass is 9.97. The molecular weight excluding hydrogens is 848 g/mol. The summed E-state index contributed by atoms with van der Waals surface area (Å²) in [5.41, 5.74) is 4.29. The zero-order valence-corrected chi connectivity index (χ0v) is 36.5. The second-order valence-corrected chi connectivity index (χ2v) is 18.8. The van der Waals surface area contributed by atoms with E-state index in [1.165, 1.54) is 23.3 Å². The van der Waals surface area contributed by atoms with Gasteiger partial charge >= 0.3 is 5.97 Å².